The van der Waals surface area contributed by atoms with Gasteiger partial charge < -0.3 is 10.8 Å². The third-order valence-electron chi connectivity index (χ3n) is 3.29. The summed E-state index contributed by atoms with van der Waals surface area (Å²) >= 11 is 0. The lowest BCUT2D eigenvalue weighted by atomic mass is 9.64. The molecule has 1 aliphatic carbocycles. The summed E-state index contributed by atoms with van der Waals surface area (Å²) in [4.78, 5) is 12.1. The maximum absolute atomic E-state index is 12.1. The van der Waals surface area contributed by atoms with Crippen LogP contribution in [0, 0.1) is 5.41 Å². The SMILES string of the molecule is NCC1(C(=O)c2cccc(O)c2)CCC1. The van der Waals surface area contributed by atoms with Gasteiger partial charge in [-0.05, 0) is 25.0 Å². The van der Waals surface area contributed by atoms with Crippen LogP contribution in [0.15, 0.2) is 24.3 Å². The van der Waals surface area contributed by atoms with Gasteiger partial charge in [0.05, 0.1) is 0 Å². The van der Waals surface area contributed by atoms with Crippen LogP contribution in [-0.2, 0) is 0 Å². The minimum atomic E-state index is -0.353. The molecule has 80 valence electrons. The Kier molecular flexibility index (Phi) is 2.49. The summed E-state index contributed by atoms with van der Waals surface area (Å²) in [6, 6.07) is 6.49. The maximum Gasteiger partial charge on any atom is 0.170 e. The second-order valence-electron chi connectivity index (χ2n) is 4.22. The Balaban J connectivity index is 2.27. The molecule has 0 saturated heterocycles. The van der Waals surface area contributed by atoms with Crippen molar-refractivity contribution in [3.63, 3.8) is 0 Å². The highest BCUT2D eigenvalue weighted by Crippen LogP contribution is 2.42. The lowest BCUT2D eigenvalue weighted by molar-refractivity contribution is 0.0635. The fourth-order valence-corrected chi connectivity index (χ4v) is 2.08. The monoisotopic (exact) mass is 205 g/mol. The van der Waals surface area contributed by atoms with Gasteiger partial charge in [0.2, 0.25) is 0 Å². The normalized spacial score (nSPS) is 18.2. The first-order chi connectivity index (χ1) is 7.18. The van der Waals surface area contributed by atoms with Crippen LogP contribution >= 0.6 is 0 Å². The first-order valence-corrected chi connectivity index (χ1v) is 5.22. The lowest BCUT2D eigenvalue weighted by Crippen LogP contribution is -2.44. The second kappa shape index (κ2) is 3.66. The molecule has 0 radical (unpaired) electrons. The summed E-state index contributed by atoms with van der Waals surface area (Å²) in [6.45, 7) is 0.404. The summed E-state index contributed by atoms with van der Waals surface area (Å²) in [6.07, 6.45) is 2.82. The average Bonchev–Trinajstić information content (AvgIpc) is 2.17. The molecule has 1 saturated carbocycles. The Morgan fingerprint density at radius 1 is 1.47 bits per heavy atom. The fourth-order valence-electron chi connectivity index (χ4n) is 2.08. The molecule has 15 heavy (non-hydrogen) atoms. The van der Waals surface area contributed by atoms with Crippen LogP contribution < -0.4 is 5.73 Å². The Labute approximate surface area is 88.9 Å². The highest BCUT2D eigenvalue weighted by atomic mass is 16.3. The number of Topliss-reactive ketones (excluding diaryl/α,β-unsaturated/α-hetero) is 1. The van der Waals surface area contributed by atoms with Crippen LogP contribution in [0.4, 0.5) is 0 Å². The summed E-state index contributed by atoms with van der Waals surface area (Å²) in [5.74, 6) is 0.208. The van der Waals surface area contributed by atoms with Crippen LogP contribution in [0.1, 0.15) is 29.6 Å². The molecule has 3 heteroatoms. The summed E-state index contributed by atoms with van der Waals surface area (Å²) < 4.78 is 0. The van der Waals surface area contributed by atoms with Crippen molar-refractivity contribution in [3.05, 3.63) is 29.8 Å². The predicted octanol–water partition coefficient (Wildman–Crippen LogP) is 1.70. The number of nitrogens with two attached hydrogens (primary N) is 1. The number of phenolic OH excluding ortho intramolecular Hbond substituents is 1. The summed E-state index contributed by atoms with van der Waals surface area (Å²) in [5, 5.41) is 9.31. The van der Waals surface area contributed by atoms with Crippen molar-refractivity contribution in [2.24, 2.45) is 11.1 Å². The van der Waals surface area contributed by atoms with Crippen molar-refractivity contribution < 1.29 is 9.90 Å². The van der Waals surface area contributed by atoms with E-state index < -0.39 is 0 Å². The molecular weight excluding hydrogens is 190 g/mol. The Morgan fingerprint density at radius 2 is 2.20 bits per heavy atom. The number of aromatic hydroxyl groups is 1. The number of carbonyl (C=O) groups excluding carboxylic acids is 1. The molecule has 0 amide bonds. The number of carbonyl (C=O) groups is 1. The van der Waals surface area contributed by atoms with E-state index >= 15 is 0 Å². The zero-order chi connectivity index (χ0) is 10.9. The van der Waals surface area contributed by atoms with E-state index in [1.54, 1.807) is 18.2 Å². The topological polar surface area (TPSA) is 63.3 Å². The zero-order valence-corrected chi connectivity index (χ0v) is 8.57. The standard InChI is InChI=1S/C12H15NO2/c13-8-12(5-2-6-12)11(15)9-3-1-4-10(14)7-9/h1,3-4,7,14H,2,5-6,8,13H2. The van der Waals surface area contributed by atoms with Gasteiger partial charge in [-0.25, -0.2) is 0 Å². The van der Waals surface area contributed by atoms with Crippen molar-refractivity contribution in [2.45, 2.75) is 19.3 Å². The van der Waals surface area contributed by atoms with Gasteiger partial charge in [-0.3, -0.25) is 4.79 Å². The van der Waals surface area contributed by atoms with Gasteiger partial charge in [-0.2, -0.15) is 0 Å². The van der Waals surface area contributed by atoms with Crippen molar-refractivity contribution in [1.29, 1.82) is 0 Å². The molecule has 2 rings (SSSR count). The van der Waals surface area contributed by atoms with E-state index in [9.17, 15) is 9.90 Å². The van der Waals surface area contributed by atoms with Gasteiger partial charge in [0.15, 0.2) is 5.78 Å². The lowest BCUT2D eigenvalue weighted by Gasteiger charge is -2.39. The van der Waals surface area contributed by atoms with E-state index in [2.05, 4.69) is 0 Å². The van der Waals surface area contributed by atoms with Crippen molar-refractivity contribution in [1.82, 2.24) is 0 Å². The van der Waals surface area contributed by atoms with E-state index in [1.165, 1.54) is 6.07 Å². The zero-order valence-electron chi connectivity index (χ0n) is 8.57. The first-order valence-electron chi connectivity index (χ1n) is 5.22. The third kappa shape index (κ3) is 1.63. The predicted molar refractivity (Wildman–Crippen MR) is 57.8 cm³/mol. The van der Waals surface area contributed by atoms with E-state index in [0.717, 1.165) is 19.3 Å². The molecule has 3 nitrogen and oxygen atoms in total. The molecule has 0 bridgehead atoms. The Morgan fingerprint density at radius 3 is 2.67 bits per heavy atom. The summed E-state index contributed by atoms with van der Waals surface area (Å²) in [5.41, 5.74) is 5.88. The van der Waals surface area contributed by atoms with Gasteiger partial charge in [-0.15, -0.1) is 0 Å². The van der Waals surface area contributed by atoms with Crippen LogP contribution in [0.3, 0.4) is 0 Å². The van der Waals surface area contributed by atoms with Gasteiger partial charge in [-0.1, -0.05) is 18.6 Å². The number of ketones is 1. The molecule has 0 spiro atoms. The Hall–Kier alpha value is -1.35. The molecule has 0 heterocycles. The third-order valence-corrected chi connectivity index (χ3v) is 3.29. The number of phenols is 1. The quantitative estimate of drug-likeness (QED) is 0.738. The molecule has 0 aromatic heterocycles. The molecule has 0 aliphatic heterocycles. The molecule has 0 unspecified atom stereocenters. The van der Waals surface area contributed by atoms with Crippen molar-refractivity contribution in [3.8, 4) is 5.75 Å². The van der Waals surface area contributed by atoms with E-state index in [-0.39, 0.29) is 16.9 Å². The molecule has 1 aromatic rings. The number of benzene rings is 1. The van der Waals surface area contributed by atoms with Crippen LogP contribution in [0.2, 0.25) is 0 Å². The molecular formula is C12H15NO2. The van der Waals surface area contributed by atoms with Gasteiger partial charge in [0.1, 0.15) is 5.75 Å². The second-order valence-corrected chi connectivity index (χ2v) is 4.22. The maximum atomic E-state index is 12.1. The van der Waals surface area contributed by atoms with E-state index in [4.69, 9.17) is 5.73 Å². The van der Waals surface area contributed by atoms with Crippen LogP contribution in [0.5, 0.6) is 5.75 Å². The molecule has 3 N–H and O–H groups in total. The highest BCUT2D eigenvalue weighted by molar-refractivity contribution is 6.01. The van der Waals surface area contributed by atoms with Crippen molar-refractivity contribution in [2.75, 3.05) is 6.54 Å². The molecule has 1 aliphatic rings. The van der Waals surface area contributed by atoms with E-state index in [1.807, 2.05) is 0 Å². The number of hydrogen-bond acceptors (Lipinski definition) is 3. The number of rotatable bonds is 3. The minimum Gasteiger partial charge on any atom is -0.508 e. The molecule has 1 fully saturated rings. The highest BCUT2D eigenvalue weighted by Gasteiger charge is 2.42. The molecule has 1 aromatic carbocycles. The van der Waals surface area contributed by atoms with Gasteiger partial charge >= 0.3 is 0 Å². The largest absolute Gasteiger partial charge is 0.508 e. The van der Waals surface area contributed by atoms with E-state index in [0.29, 0.717) is 12.1 Å². The minimum absolute atomic E-state index is 0.0761. The summed E-state index contributed by atoms with van der Waals surface area (Å²) in [7, 11) is 0. The fraction of sp³-hybridized carbons (Fsp3) is 0.417. The smallest absolute Gasteiger partial charge is 0.170 e. The number of hydrogen-bond donors (Lipinski definition) is 2. The first kappa shape index (κ1) is 10.2. The van der Waals surface area contributed by atoms with Crippen LogP contribution in [-0.4, -0.2) is 17.4 Å². The Bertz CT molecular complexity index is 377. The van der Waals surface area contributed by atoms with Crippen molar-refractivity contribution >= 4 is 5.78 Å². The van der Waals surface area contributed by atoms with Gasteiger partial charge in [0, 0.05) is 17.5 Å². The van der Waals surface area contributed by atoms with Gasteiger partial charge in [0.25, 0.3) is 0 Å². The molecule has 0 atom stereocenters. The average molecular weight is 205 g/mol. The van der Waals surface area contributed by atoms with Crippen LogP contribution in [0.25, 0.3) is 0 Å².